The highest BCUT2D eigenvalue weighted by atomic mass is 16.4. The van der Waals surface area contributed by atoms with Gasteiger partial charge in [0.05, 0.1) is 18.2 Å². The van der Waals surface area contributed by atoms with Crippen molar-refractivity contribution in [2.24, 2.45) is 0 Å². The minimum atomic E-state index is -1.02. The van der Waals surface area contributed by atoms with Crippen LogP contribution in [0.15, 0.2) is 48.8 Å². The largest absolute Gasteiger partial charge is 0.478 e. The van der Waals surface area contributed by atoms with Crippen LogP contribution in [0.4, 0.5) is 0 Å². The van der Waals surface area contributed by atoms with Crippen LogP contribution < -0.4 is 0 Å². The number of aliphatic carboxylic acids is 1. The molecule has 1 N–H and O–H groups in total. The first-order chi connectivity index (χ1) is 9.19. The van der Waals surface area contributed by atoms with Crippen LogP contribution in [-0.2, 0) is 11.3 Å². The molecular formula is C14H11N3O2. The number of hydrogen-bond acceptors (Lipinski definition) is 3. The van der Waals surface area contributed by atoms with Gasteiger partial charge >= 0.3 is 5.97 Å². The predicted octanol–water partition coefficient (Wildman–Crippen LogP) is 1.92. The number of carbonyl (C=O) groups is 1. The second-order valence-electron chi connectivity index (χ2n) is 3.90. The van der Waals surface area contributed by atoms with E-state index in [1.807, 2.05) is 6.07 Å². The average molecular weight is 253 g/mol. The minimum Gasteiger partial charge on any atom is -0.478 e. The lowest BCUT2D eigenvalue weighted by Crippen LogP contribution is -2.03. The van der Waals surface area contributed by atoms with Crippen LogP contribution in [0, 0.1) is 11.3 Å². The van der Waals surface area contributed by atoms with Crippen molar-refractivity contribution in [2.75, 3.05) is 0 Å². The molecule has 94 valence electrons. The summed E-state index contributed by atoms with van der Waals surface area (Å²) >= 11 is 0. The third kappa shape index (κ3) is 3.30. The van der Waals surface area contributed by atoms with Gasteiger partial charge in [0.2, 0.25) is 0 Å². The Morgan fingerprint density at radius 3 is 2.95 bits per heavy atom. The van der Waals surface area contributed by atoms with Crippen LogP contribution in [0.3, 0.4) is 0 Å². The first-order valence-corrected chi connectivity index (χ1v) is 5.60. The van der Waals surface area contributed by atoms with E-state index in [-0.39, 0.29) is 0 Å². The van der Waals surface area contributed by atoms with Gasteiger partial charge in [-0.3, -0.25) is 4.68 Å². The molecule has 19 heavy (non-hydrogen) atoms. The van der Waals surface area contributed by atoms with Crippen molar-refractivity contribution in [3.63, 3.8) is 0 Å². The van der Waals surface area contributed by atoms with Gasteiger partial charge in [-0.2, -0.15) is 10.4 Å². The number of benzene rings is 1. The fourth-order valence-corrected chi connectivity index (χ4v) is 1.73. The van der Waals surface area contributed by atoms with E-state index in [0.717, 1.165) is 6.08 Å². The third-order valence-corrected chi connectivity index (χ3v) is 2.55. The van der Waals surface area contributed by atoms with Crippen molar-refractivity contribution < 1.29 is 9.90 Å². The summed E-state index contributed by atoms with van der Waals surface area (Å²) in [6.45, 7) is 0.341. The number of carboxylic acid groups (broad SMARTS) is 1. The Bertz CT molecular complexity index is 652. The number of nitrogens with zero attached hydrogens (tertiary/aromatic N) is 3. The van der Waals surface area contributed by atoms with E-state index in [4.69, 9.17) is 10.4 Å². The van der Waals surface area contributed by atoms with Gasteiger partial charge in [-0.15, -0.1) is 0 Å². The van der Waals surface area contributed by atoms with Crippen LogP contribution >= 0.6 is 0 Å². The number of nitriles is 1. The number of rotatable bonds is 4. The summed E-state index contributed by atoms with van der Waals surface area (Å²) < 4.78 is 1.63. The molecule has 0 aliphatic heterocycles. The van der Waals surface area contributed by atoms with Gasteiger partial charge < -0.3 is 5.11 Å². The van der Waals surface area contributed by atoms with Crippen molar-refractivity contribution in [1.29, 1.82) is 5.26 Å². The van der Waals surface area contributed by atoms with Gasteiger partial charge in [0.25, 0.3) is 0 Å². The lowest BCUT2D eigenvalue weighted by Gasteiger charge is -2.08. The van der Waals surface area contributed by atoms with Crippen LogP contribution in [0.2, 0.25) is 0 Å². The van der Waals surface area contributed by atoms with Gasteiger partial charge in [0.15, 0.2) is 0 Å². The lowest BCUT2D eigenvalue weighted by atomic mass is 10.0. The molecule has 1 aromatic carbocycles. The zero-order valence-electron chi connectivity index (χ0n) is 10.0. The topological polar surface area (TPSA) is 78.9 Å². The van der Waals surface area contributed by atoms with Crippen molar-refractivity contribution in [1.82, 2.24) is 9.78 Å². The molecular weight excluding hydrogens is 242 g/mol. The Hall–Kier alpha value is -2.87. The van der Waals surface area contributed by atoms with E-state index in [0.29, 0.717) is 23.2 Å². The zero-order chi connectivity index (χ0) is 13.7. The molecule has 0 unspecified atom stereocenters. The number of aromatic nitrogens is 2. The van der Waals surface area contributed by atoms with Crippen LogP contribution in [0.1, 0.15) is 11.1 Å². The molecule has 1 aromatic heterocycles. The number of carboxylic acids is 1. The first kappa shape index (κ1) is 12.6. The molecule has 0 saturated heterocycles. The van der Waals surface area contributed by atoms with Gasteiger partial charge in [-0.05, 0) is 29.3 Å². The summed E-state index contributed by atoms with van der Waals surface area (Å²) in [7, 11) is 0. The summed E-state index contributed by atoms with van der Waals surface area (Å²) in [5.41, 5.74) is 1.79. The summed E-state index contributed by atoms with van der Waals surface area (Å²) in [5, 5.41) is 21.9. The van der Waals surface area contributed by atoms with Gasteiger partial charge in [-0.25, -0.2) is 4.79 Å². The second kappa shape index (κ2) is 5.65. The van der Waals surface area contributed by atoms with Crippen LogP contribution in [0.5, 0.6) is 0 Å². The van der Waals surface area contributed by atoms with E-state index in [1.165, 1.54) is 0 Å². The Kier molecular flexibility index (Phi) is 3.74. The maximum Gasteiger partial charge on any atom is 0.328 e. The Morgan fingerprint density at radius 1 is 1.47 bits per heavy atom. The molecule has 0 aliphatic rings. The molecule has 0 bridgehead atoms. The molecule has 0 spiro atoms. The van der Waals surface area contributed by atoms with E-state index in [9.17, 15) is 4.79 Å². The third-order valence-electron chi connectivity index (χ3n) is 2.55. The van der Waals surface area contributed by atoms with E-state index in [1.54, 1.807) is 47.4 Å². The molecule has 2 aromatic rings. The van der Waals surface area contributed by atoms with E-state index < -0.39 is 5.97 Å². The fourth-order valence-electron chi connectivity index (χ4n) is 1.73. The zero-order valence-corrected chi connectivity index (χ0v) is 10.0. The highest BCUT2D eigenvalue weighted by Crippen LogP contribution is 2.17. The molecule has 2 rings (SSSR count). The standard InChI is InChI=1S/C14H11N3O2/c15-9-11-3-1-4-12(7-11)13(8-14(18)19)10-17-6-2-5-16-17/h1-8H,10H2,(H,18,19)/b13-8-. The van der Waals surface area contributed by atoms with Gasteiger partial charge in [0.1, 0.15) is 0 Å². The van der Waals surface area contributed by atoms with Crippen molar-refractivity contribution in [3.8, 4) is 6.07 Å². The molecule has 0 saturated carbocycles. The molecule has 0 radical (unpaired) electrons. The fraction of sp³-hybridized carbons (Fsp3) is 0.0714. The lowest BCUT2D eigenvalue weighted by molar-refractivity contribution is -0.131. The smallest absolute Gasteiger partial charge is 0.328 e. The summed E-state index contributed by atoms with van der Waals surface area (Å²) in [5.74, 6) is -1.02. The van der Waals surface area contributed by atoms with Crippen molar-refractivity contribution >= 4 is 11.5 Å². The van der Waals surface area contributed by atoms with E-state index in [2.05, 4.69) is 5.10 Å². The number of hydrogen-bond donors (Lipinski definition) is 1. The summed E-state index contributed by atoms with van der Waals surface area (Å²) in [6.07, 6.45) is 4.52. The number of allylic oxidation sites excluding steroid dienone is 1. The van der Waals surface area contributed by atoms with Gasteiger partial charge in [0, 0.05) is 18.5 Å². The van der Waals surface area contributed by atoms with Crippen molar-refractivity contribution in [3.05, 3.63) is 59.9 Å². The SMILES string of the molecule is N#Cc1cccc(/C(=C\C(=O)O)Cn2cccn2)c1. The summed E-state index contributed by atoms with van der Waals surface area (Å²) in [6, 6.07) is 10.7. The molecule has 0 amide bonds. The molecule has 0 aliphatic carbocycles. The average Bonchev–Trinajstić information content (AvgIpc) is 2.90. The quantitative estimate of drug-likeness (QED) is 0.844. The monoisotopic (exact) mass is 253 g/mol. The summed E-state index contributed by atoms with van der Waals surface area (Å²) in [4.78, 5) is 10.9. The maximum atomic E-state index is 10.9. The highest BCUT2D eigenvalue weighted by Gasteiger charge is 2.06. The Morgan fingerprint density at radius 2 is 2.32 bits per heavy atom. The van der Waals surface area contributed by atoms with Crippen LogP contribution in [-0.4, -0.2) is 20.9 Å². The molecule has 5 nitrogen and oxygen atoms in total. The van der Waals surface area contributed by atoms with Gasteiger partial charge in [-0.1, -0.05) is 12.1 Å². The Labute approximate surface area is 110 Å². The molecule has 1 heterocycles. The molecule has 0 atom stereocenters. The second-order valence-corrected chi connectivity index (χ2v) is 3.90. The highest BCUT2D eigenvalue weighted by molar-refractivity contribution is 5.90. The van der Waals surface area contributed by atoms with Crippen LogP contribution in [0.25, 0.3) is 5.57 Å². The maximum absolute atomic E-state index is 10.9. The molecule has 0 fully saturated rings. The Balaban J connectivity index is 2.37. The van der Waals surface area contributed by atoms with E-state index >= 15 is 0 Å². The van der Waals surface area contributed by atoms with Crippen molar-refractivity contribution in [2.45, 2.75) is 6.54 Å². The normalized spacial score (nSPS) is 11.0. The molecule has 5 heteroatoms. The predicted molar refractivity (Wildman–Crippen MR) is 69.0 cm³/mol. The first-order valence-electron chi connectivity index (χ1n) is 5.60. The minimum absolute atomic E-state index is 0.341.